The molecule has 0 saturated heterocycles. The smallest absolute Gasteiger partial charge is 0.313 e. The molecule has 2 rings (SSSR count). The molecule has 0 unspecified atom stereocenters. The SMILES string of the molecule is C=C(C)COCCC(=O)Oc1ccc(/C=C/c2cc[n+](C)cc2)cc1. The molecule has 0 bridgehead atoms. The third kappa shape index (κ3) is 7.14. The molecule has 1 heterocycles. The maximum atomic E-state index is 11.7. The van der Waals surface area contributed by atoms with Crippen LogP contribution in [-0.4, -0.2) is 19.2 Å². The van der Waals surface area contributed by atoms with Crippen molar-refractivity contribution in [3.63, 3.8) is 0 Å². The highest BCUT2D eigenvalue weighted by atomic mass is 16.5. The number of hydrogen-bond donors (Lipinski definition) is 0. The van der Waals surface area contributed by atoms with Gasteiger partial charge in [-0.2, -0.15) is 0 Å². The maximum Gasteiger partial charge on any atom is 0.313 e. The molecular formula is C21H24NO3+. The second-order valence-electron chi connectivity index (χ2n) is 5.93. The molecule has 0 aliphatic rings. The second kappa shape index (κ2) is 9.55. The van der Waals surface area contributed by atoms with Crippen LogP contribution in [0.4, 0.5) is 0 Å². The molecule has 0 N–H and O–H groups in total. The van der Waals surface area contributed by atoms with E-state index >= 15 is 0 Å². The number of hydrogen-bond acceptors (Lipinski definition) is 3. The number of esters is 1. The molecule has 4 heteroatoms. The Bertz CT molecular complexity index is 731. The average molecular weight is 338 g/mol. The average Bonchev–Trinajstić information content (AvgIpc) is 2.59. The van der Waals surface area contributed by atoms with Crippen LogP contribution < -0.4 is 9.30 Å². The van der Waals surface area contributed by atoms with Gasteiger partial charge in [0.05, 0.1) is 19.6 Å². The topological polar surface area (TPSA) is 39.4 Å². The minimum atomic E-state index is -0.304. The van der Waals surface area contributed by atoms with E-state index in [9.17, 15) is 4.79 Å². The summed E-state index contributed by atoms with van der Waals surface area (Å²) in [6.45, 7) is 6.42. The first-order valence-corrected chi connectivity index (χ1v) is 8.19. The summed E-state index contributed by atoms with van der Waals surface area (Å²) in [6, 6.07) is 11.5. The van der Waals surface area contributed by atoms with Gasteiger partial charge in [-0.1, -0.05) is 36.4 Å². The molecule has 0 fully saturated rings. The van der Waals surface area contributed by atoms with Crippen LogP contribution in [-0.2, 0) is 16.6 Å². The van der Waals surface area contributed by atoms with Crippen LogP contribution >= 0.6 is 0 Å². The fourth-order valence-corrected chi connectivity index (χ4v) is 2.05. The summed E-state index contributed by atoms with van der Waals surface area (Å²) in [5.41, 5.74) is 3.10. The lowest BCUT2D eigenvalue weighted by molar-refractivity contribution is -0.671. The third-order valence-electron chi connectivity index (χ3n) is 3.38. The van der Waals surface area contributed by atoms with Gasteiger partial charge in [0.15, 0.2) is 12.4 Å². The number of nitrogens with zero attached hydrogens (tertiary/aromatic N) is 1. The van der Waals surface area contributed by atoms with Crippen molar-refractivity contribution in [3.8, 4) is 5.75 Å². The van der Waals surface area contributed by atoms with E-state index in [0.717, 1.165) is 16.7 Å². The molecule has 25 heavy (non-hydrogen) atoms. The van der Waals surface area contributed by atoms with Crippen molar-refractivity contribution < 1.29 is 18.8 Å². The zero-order valence-electron chi connectivity index (χ0n) is 14.8. The number of carbonyl (C=O) groups is 1. The minimum Gasteiger partial charge on any atom is -0.426 e. The Morgan fingerprint density at radius 2 is 1.68 bits per heavy atom. The number of benzene rings is 1. The minimum absolute atomic E-state index is 0.223. The monoisotopic (exact) mass is 338 g/mol. The van der Waals surface area contributed by atoms with E-state index in [1.54, 1.807) is 12.1 Å². The lowest BCUT2D eigenvalue weighted by Gasteiger charge is -2.05. The molecule has 130 valence electrons. The molecule has 0 amide bonds. The zero-order chi connectivity index (χ0) is 18.1. The third-order valence-corrected chi connectivity index (χ3v) is 3.38. The Morgan fingerprint density at radius 1 is 1.08 bits per heavy atom. The van der Waals surface area contributed by atoms with E-state index in [1.165, 1.54) is 0 Å². The number of ether oxygens (including phenoxy) is 2. The molecule has 0 saturated carbocycles. The first kappa shape index (κ1) is 18.6. The Morgan fingerprint density at radius 3 is 2.28 bits per heavy atom. The summed E-state index contributed by atoms with van der Waals surface area (Å²) in [5.74, 6) is 0.232. The molecular weight excluding hydrogens is 314 g/mol. The van der Waals surface area contributed by atoms with E-state index in [-0.39, 0.29) is 12.4 Å². The van der Waals surface area contributed by atoms with Gasteiger partial charge in [-0.15, -0.1) is 0 Å². The molecule has 0 radical (unpaired) electrons. The maximum absolute atomic E-state index is 11.7. The van der Waals surface area contributed by atoms with Gasteiger partial charge in [0, 0.05) is 12.1 Å². The van der Waals surface area contributed by atoms with Gasteiger partial charge in [0.1, 0.15) is 12.8 Å². The summed E-state index contributed by atoms with van der Waals surface area (Å²) in [5, 5.41) is 0. The molecule has 1 aromatic heterocycles. The summed E-state index contributed by atoms with van der Waals surface area (Å²) in [4.78, 5) is 11.7. The van der Waals surface area contributed by atoms with Crippen LogP contribution in [0.1, 0.15) is 24.5 Å². The lowest BCUT2D eigenvalue weighted by Crippen LogP contribution is -2.25. The Labute approximate surface area is 149 Å². The van der Waals surface area contributed by atoms with Crippen molar-refractivity contribution in [3.05, 3.63) is 72.1 Å². The van der Waals surface area contributed by atoms with Crippen LogP contribution in [0.15, 0.2) is 60.9 Å². The Kier molecular flexibility index (Phi) is 7.11. The Hall–Kier alpha value is -2.72. The first-order chi connectivity index (χ1) is 12.0. The quantitative estimate of drug-likeness (QED) is 0.243. The molecule has 0 aliphatic heterocycles. The summed E-state index contributed by atoms with van der Waals surface area (Å²) in [6.07, 6.45) is 8.29. The molecule has 2 aromatic rings. The lowest BCUT2D eigenvalue weighted by atomic mass is 10.1. The summed E-state index contributed by atoms with van der Waals surface area (Å²) < 4.78 is 12.6. The van der Waals surface area contributed by atoms with Gasteiger partial charge in [0.2, 0.25) is 0 Å². The van der Waals surface area contributed by atoms with Crippen LogP contribution in [0, 0.1) is 0 Å². The predicted molar refractivity (Wildman–Crippen MR) is 98.9 cm³/mol. The van der Waals surface area contributed by atoms with Crippen LogP contribution in [0.25, 0.3) is 12.2 Å². The number of pyridine rings is 1. The molecule has 0 aliphatic carbocycles. The summed E-state index contributed by atoms with van der Waals surface area (Å²) in [7, 11) is 1.99. The van der Waals surface area contributed by atoms with Crippen molar-refractivity contribution in [1.29, 1.82) is 0 Å². The van der Waals surface area contributed by atoms with E-state index < -0.39 is 0 Å². The Balaban J connectivity index is 1.81. The normalized spacial score (nSPS) is 10.8. The molecule has 1 aromatic carbocycles. The number of rotatable bonds is 8. The van der Waals surface area contributed by atoms with Gasteiger partial charge >= 0.3 is 5.97 Å². The number of aryl methyl sites for hydroxylation is 1. The second-order valence-corrected chi connectivity index (χ2v) is 5.93. The highest BCUT2D eigenvalue weighted by molar-refractivity contribution is 5.73. The van der Waals surface area contributed by atoms with E-state index in [4.69, 9.17) is 9.47 Å². The standard InChI is InChI=1S/C21H24NO3/c1-17(2)16-24-15-12-21(23)25-20-8-6-18(7-9-20)4-5-19-10-13-22(3)14-11-19/h4-11,13-14H,1,12,15-16H2,2-3H3/q+1/b5-4+. The van der Waals surface area contributed by atoms with Crippen LogP contribution in [0.2, 0.25) is 0 Å². The highest BCUT2D eigenvalue weighted by Gasteiger charge is 2.04. The van der Waals surface area contributed by atoms with Gasteiger partial charge < -0.3 is 9.47 Å². The molecule has 4 nitrogen and oxygen atoms in total. The summed E-state index contributed by atoms with van der Waals surface area (Å²) >= 11 is 0. The van der Waals surface area contributed by atoms with Crippen molar-refractivity contribution in [2.75, 3.05) is 13.2 Å². The molecule has 0 atom stereocenters. The number of aromatic nitrogens is 1. The van der Waals surface area contributed by atoms with Crippen molar-refractivity contribution in [2.45, 2.75) is 13.3 Å². The predicted octanol–water partition coefficient (Wildman–Crippen LogP) is 3.57. The fraction of sp³-hybridized carbons (Fsp3) is 0.238. The van der Waals surface area contributed by atoms with Gasteiger partial charge in [0.25, 0.3) is 0 Å². The molecule has 0 spiro atoms. The van der Waals surface area contributed by atoms with Crippen molar-refractivity contribution in [1.82, 2.24) is 0 Å². The van der Waals surface area contributed by atoms with Crippen molar-refractivity contribution in [2.24, 2.45) is 7.05 Å². The fourth-order valence-electron chi connectivity index (χ4n) is 2.05. The van der Waals surface area contributed by atoms with Gasteiger partial charge in [-0.05, 0) is 30.2 Å². The van der Waals surface area contributed by atoms with Gasteiger partial charge in [-0.3, -0.25) is 4.79 Å². The first-order valence-electron chi connectivity index (χ1n) is 8.19. The van der Waals surface area contributed by atoms with Crippen LogP contribution in [0.5, 0.6) is 5.75 Å². The number of carbonyl (C=O) groups excluding carboxylic acids is 1. The zero-order valence-corrected chi connectivity index (χ0v) is 14.8. The van der Waals surface area contributed by atoms with Crippen molar-refractivity contribution >= 4 is 18.1 Å². The van der Waals surface area contributed by atoms with E-state index in [0.29, 0.717) is 19.0 Å². The van der Waals surface area contributed by atoms with E-state index in [2.05, 4.69) is 6.58 Å². The van der Waals surface area contributed by atoms with Crippen LogP contribution in [0.3, 0.4) is 0 Å². The van der Waals surface area contributed by atoms with E-state index in [1.807, 2.05) is 67.3 Å². The largest absolute Gasteiger partial charge is 0.426 e. The van der Waals surface area contributed by atoms with Gasteiger partial charge in [-0.25, -0.2) is 4.57 Å². The highest BCUT2D eigenvalue weighted by Crippen LogP contribution is 2.15.